The van der Waals surface area contributed by atoms with Gasteiger partial charge in [0.1, 0.15) is 5.82 Å². The monoisotopic (exact) mass is 405 g/mol. The minimum Gasteiger partial charge on any atom is -0.454 e. The second kappa shape index (κ2) is 8.06. The van der Waals surface area contributed by atoms with Crippen molar-refractivity contribution < 1.29 is 14.3 Å². The second-order valence-electron chi connectivity index (χ2n) is 7.45. The summed E-state index contributed by atoms with van der Waals surface area (Å²) >= 11 is 0. The number of para-hydroxylation sites is 1. The predicted octanol–water partition coefficient (Wildman–Crippen LogP) is 3.97. The Balaban J connectivity index is 1.47. The molecule has 3 aromatic rings. The van der Waals surface area contributed by atoms with E-state index in [9.17, 15) is 4.79 Å². The Hall–Kier alpha value is -3.55. The van der Waals surface area contributed by atoms with Gasteiger partial charge in [0.15, 0.2) is 11.5 Å². The molecule has 2 aliphatic rings. The van der Waals surface area contributed by atoms with Crippen molar-refractivity contribution in [2.24, 2.45) is 0 Å². The molecule has 0 saturated heterocycles. The highest BCUT2D eigenvalue weighted by molar-refractivity contribution is 6.00. The van der Waals surface area contributed by atoms with Crippen molar-refractivity contribution in [3.63, 3.8) is 0 Å². The maximum Gasteiger partial charge on any atom is 0.329 e. The van der Waals surface area contributed by atoms with Crippen LogP contribution in [0, 0.1) is 0 Å². The van der Waals surface area contributed by atoms with E-state index >= 15 is 0 Å². The summed E-state index contributed by atoms with van der Waals surface area (Å²) in [5.41, 5.74) is 1.65. The van der Waals surface area contributed by atoms with Crippen molar-refractivity contribution in [3.05, 3.63) is 59.9 Å². The van der Waals surface area contributed by atoms with E-state index in [1.54, 1.807) is 4.90 Å². The van der Waals surface area contributed by atoms with Gasteiger partial charge in [0.05, 0.1) is 6.54 Å². The highest BCUT2D eigenvalue weighted by Gasteiger charge is 2.26. The van der Waals surface area contributed by atoms with Crippen LogP contribution in [0.3, 0.4) is 0 Å². The van der Waals surface area contributed by atoms with Crippen LogP contribution < -0.4 is 19.7 Å². The van der Waals surface area contributed by atoms with Gasteiger partial charge in [0.2, 0.25) is 12.7 Å². The number of nitrogens with zero attached hydrogens (tertiary/aromatic N) is 4. The van der Waals surface area contributed by atoms with Gasteiger partial charge in [-0.25, -0.2) is 4.79 Å². The normalized spacial score (nSPS) is 14.7. The number of ether oxygens (including phenoxy) is 2. The lowest BCUT2D eigenvalue weighted by Crippen LogP contribution is -2.36. The molecule has 1 aromatic heterocycles. The van der Waals surface area contributed by atoms with Crippen LogP contribution in [-0.4, -0.2) is 27.6 Å². The first-order valence-corrected chi connectivity index (χ1v) is 10.2. The zero-order chi connectivity index (χ0) is 20.3. The molecular weight excluding hydrogens is 382 g/mol. The summed E-state index contributed by atoms with van der Waals surface area (Å²) < 4.78 is 13.0. The fourth-order valence-electron chi connectivity index (χ4n) is 3.84. The molecule has 3 heterocycles. The molecule has 1 N–H and O–H groups in total. The van der Waals surface area contributed by atoms with E-state index in [0.29, 0.717) is 18.2 Å². The van der Waals surface area contributed by atoms with Gasteiger partial charge in [-0.2, -0.15) is 0 Å². The van der Waals surface area contributed by atoms with Crippen LogP contribution in [0.2, 0.25) is 0 Å². The maximum atomic E-state index is 13.3. The third-order valence-corrected chi connectivity index (χ3v) is 5.38. The Bertz CT molecular complexity index is 1050. The Morgan fingerprint density at radius 2 is 1.90 bits per heavy atom. The van der Waals surface area contributed by atoms with Gasteiger partial charge < -0.3 is 14.8 Å². The third kappa shape index (κ3) is 3.68. The number of amides is 2. The lowest BCUT2D eigenvalue weighted by atomic mass is 10.2. The standard InChI is InChI=1S/C22H23N5O3/c28-22(23-17-7-3-1-4-8-17)27(14-16-10-11-18-19(13-16)30-15-29-18)21-25-24-20-9-5-2-6-12-26(20)21/h1,3-4,7-8,10-11,13H,2,5-6,9,12,14-15H2,(H,23,28). The number of nitrogens with one attached hydrogen (secondary N) is 1. The molecular formula is C22H23N5O3. The van der Waals surface area contributed by atoms with Crippen LogP contribution in [0.5, 0.6) is 11.5 Å². The number of aryl methyl sites for hydroxylation is 1. The molecule has 30 heavy (non-hydrogen) atoms. The Morgan fingerprint density at radius 1 is 1.03 bits per heavy atom. The predicted molar refractivity (Wildman–Crippen MR) is 112 cm³/mol. The van der Waals surface area contributed by atoms with E-state index in [1.165, 1.54) is 0 Å². The van der Waals surface area contributed by atoms with E-state index in [0.717, 1.165) is 55.1 Å². The molecule has 0 bridgehead atoms. The lowest BCUT2D eigenvalue weighted by molar-refractivity contribution is 0.174. The molecule has 2 amide bonds. The fourth-order valence-corrected chi connectivity index (χ4v) is 3.84. The number of carbonyl (C=O) groups excluding carboxylic acids is 1. The molecule has 8 nitrogen and oxygen atoms in total. The van der Waals surface area contributed by atoms with E-state index in [2.05, 4.69) is 20.1 Å². The van der Waals surface area contributed by atoms with Gasteiger partial charge in [0.25, 0.3) is 0 Å². The Morgan fingerprint density at radius 3 is 2.80 bits per heavy atom. The van der Waals surface area contributed by atoms with Crippen LogP contribution in [-0.2, 0) is 19.5 Å². The first-order chi connectivity index (χ1) is 14.8. The van der Waals surface area contributed by atoms with Crippen LogP contribution in [0.25, 0.3) is 0 Å². The Kier molecular flexibility index (Phi) is 4.96. The number of aromatic nitrogens is 3. The van der Waals surface area contributed by atoms with Crippen molar-refractivity contribution in [1.29, 1.82) is 0 Å². The summed E-state index contributed by atoms with van der Waals surface area (Å²) in [6.07, 6.45) is 4.18. The number of hydrogen-bond donors (Lipinski definition) is 1. The molecule has 2 aliphatic heterocycles. The molecule has 2 aromatic carbocycles. The van der Waals surface area contributed by atoms with Crippen LogP contribution in [0.4, 0.5) is 16.4 Å². The Labute approximate surface area is 174 Å². The largest absolute Gasteiger partial charge is 0.454 e. The summed E-state index contributed by atoms with van der Waals surface area (Å²) in [4.78, 5) is 14.9. The number of fused-ring (bicyclic) bond motifs is 2. The molecule has 0 radical (unpaired) electrons. The first-order valence-electron chi connectivity index (χ1n) is 10.2. The number of urea groups is 1. The summed E-state index contributed by atoms with van der Waals surface area (Å²) in [6, 6.07) is 14.9. The van der Waals surface area contributed by atoms with E-state index in [4.69, 9.17) is 9.47 Å². The zero-order valence-electron chi connectivity index (χ0n) is 16.6. The second-order valence-corrected chi connectivity index (χ2v) is 7.45. The summed E-state index contributed by atoms with van der Waals surface area (Å²) in [5, 5.41) is 11.7. The van der Waals surface area contributed by atoms with Gasteiger partial charge in [-0.1, -0.05) is 30.7 Å². The van der Waals surface area contributed by atoms with Crippen molar-refractivity contribution >= 4 is 17.7 Å². The highest BCUT2D eigenvalue weighted by atomic mass is 16.7. The molecule has 0 spiro atoms. The summed E-state index contributed by atoms with van der Waals surface area (Å²) in [7, 11) is 0. The minimum atomic E-state index is -0.252. The van der Waals surface area contributed by atoms with Crippen molar-refractivity contribution in [1.82, 2.24) is 14.8 Å². The number of benzene rings is 2. The average molecular weight is 405 g/mol. The maximum absolute atomic E-state index is 13.3. The van der Waals surface area contributed by atoms with E-state index in [1.807, 2.05) is 48.5 Å². The first kappa shape index (κ1) is 18.5. The smallest absolute Gasteiger partial charge is 0.329 e. The van der Waals surface area contributed by atoms with Crippen molar-refractivity contribution in [3.8, 4) is 11.5 Å². The lowest BCUT2D eigenvalue weighted by Gasteiger charge is -2.23. The molecule has 0 saturated carbocycles. The van der Waals surface area contributed by atoms with Crippen LogP contribution >= 0.6 is 0 Å². The van der Waals surface area contributed by atoms with Crippen molar-refractivity contribution in [2.45, 2.75) is 38.8 Å². The molecule has 8 heteroatoms. The molecule has 5 rings (SSSR count). The highest BCUT2D eigenvalue weighted by Crippen LogP contribution is 2.33. The fraction of sp³-hybridized carbons (Fsp3) is 0.318. The van der Waals surface area contributed by atoms with Crippen molar-refractivity contribution in [2.75, 3.05) is 17.0 Å². The van der Waals surface area contributed by atoms with Gasteiger partial charge >= 0.3 is 6.03 Å². The van der Waals surface area contributed by atoms with Gasteiger partial charge in [-0.15, -0.1) is 10.2 Å². The average Bonchev–Trinajstić information content (AvgIpc) is 3.32. The third-order valence-electron chi connectivity index (χ3n) is 5.38. The quantitative estimate of drug-likeness (QED) is 0.710. The zero-order valence-corrected chi connectivity index (χ0v) is 16.6. The molecule has 154 valence electrons. The molecule has 0 atom stereocenters. The van der Waals surface area contributed by atoms with E-state index < -0.39 is 0 Å². The van der Waals surface area contributed by atoms with Crippen LogP contribution in [0.15, 0.2) is 48.5 Å². The topological polar surface area (TPSA) is 81.5 Å². The molecule has 0 unspecified atom stereocenters. The van der Waals surface area contributed by atoms with Gasteiger partial charge in [0, 0.05) is 18.7 Å². The van der Waals surface area contributed by atoms with Gasteiger partial charge in [-0.05, 0) is 42.7 Å². The number of carbonyl (C=O) groups is 1. The number of anilines is 2. The van der Waals surface area contributed by atoms with Crippen LogP contribution in [0.1, 0.15) is 30.7 Å². The minimum absolute atomic E-state index is 0.217. The number of rotatable bonds is 4. The summed E-state index contributed by atoms with van der Waals surface area (Å²) in [6.45, 7) is 1.37. The number of hydrogen-bond acceptors (Lipinski definition) is 5. The molecule has 0 fully saturated rings. The summed E-state index contributed by atoms with van der Waals surface area (Å²) in [5.74, 6) is 2.91. The SMILES string of the molecule is O=C(Nc1ccccc1)N(Cc1ccc2c(c1)OCO2)c1nnc2n1CCCCC2. The van der Waals surface area contributed by atoms with E-state index in [-0.39, 0.29) is 12.8 Å². The molecule has 0 aliphatic carbocycles. The van der Waals surface area contributed by atoms with Gasteiger partial charge in [-0.3, -0.25) is 9.47 Å².